The quantitative estimate of drug-likeness (QED) is 0.480. The first kappa shape index (κ1) is 19.4. The van der Waals surface area contributed by atoms with E-state index in [0.717, 1.165) is 21.8 Å². The molecule has 0 saturated heterocycles. The Morgan fingerprint density at radius 1 is 1.00 bits per heavy atom. The summed E-state index contributed by atoms with van der Waals surface area (Å²) in [5.41, 5.74) is 2.26. The maximum atomic E-state index is 12.3. The van der Waals surface area contributed by atoms with Gasteiger partial charge in [0.05, 0.1) is 19.9 Å². The molecule has 1 aromatic heterocycles. The van der Waals surface area contributed by atoms with Gasteiger partial charge in [-0.15, -0.1) is 11.3 Å². The first-order valence-electron chi connectivity index (χ1n) is 8.51. The van der Waals surface area contributed by atoms with Crippen molar-refractivity contribution in [3.8, 4) is 16.2 Å². The molecule has 0 aliphatic rings. The van der Waals surface area contributed by atoms with Crippen LogP contribution >= 0.6 is 11.3 Å². The van der Waals surface area contributed by atoms with E-state index in [1.54, 1.807) is 19.3 Å². The fraction of sp³-hybridized carbons (Fsp3) is 0.0909. The molecule has 6 heteroatoms. The van der Waals surface area contributed by atoms with Crippen LogP contribution in [0.25, 0.3) is 16.5 Å². The second-order valence-electron chi connectivity index (χ2n) is 5.81. The molecule has 0 unspecified atom stereocenters. The Balaban J connectivity index is 1.79. The molecule has 0 spiro atoms. The maximum absolute atomic E-state index is 12.3. The topological polar surface area (TPSA) is 64.6 Å². The summed E-state index contributed by atoms with van der Waals surface area (Å²) in [6, 6.07) is 18.8. The van der Waals surface area contributed by atoms with E-state index in [2.05, 4.69) is 5.32 Å². The maximum Gasteiger partial charge on any atom is 0.350 e. The number of hydrogen-bond donors (Lipinski definition) is 1. The van der Waals surface area contributed by atoms with Gasteiger partial charge in [0.25, 0.3) is 0 Å². The Bertz CT molecular complexity index is 991. The summed E-state index contributed by atoms with van der Waals surface area (Å²) >= 11 is 1.28. The van der Waals surface area contributed by atoms with Crippen LogP contribution < -0.4 is 10.1 Å². The van der Waals surface area contributed by atoms with Gasteiger partial charge in [0.2, 0.25) is 5.91 Å². The monoisotopic (exact) mass is 393 g/mol. The van der Waals surface area contributed by atoms with Gasteiger partial charge in [-0.3, -0.25) is 4.79 Å². The minimum Gasteiger partial charge on any atom is -0.497 e. The number of esters is 1. The van der Waals surface area contributed by atoms with Crippen LogP contribution in [0.3, 0.4) is 0 Å². The summed E-state index contributed by atoms with van der Waals surface area (Å²) in [4.78, 5) is 25.7. The van der Waals surface area contributed by atoms with E-state index in [4.69, 9.17) is 9.47 Å². The normalized spacial score (nSPS) is 10.6. The third-order valence-electron chi connectivity index (χ3n) is 3.96. The third kappa shape index (κ3) is 4.66. The van der Waals surface area contributed by atoms with Crippen LogP contribution in [0.2, 0.25) is 0 Å². The molecule has 0 aliphatic heterocycles. The van der Waals surface area contributed by atoms with Gasteiger partial charge >= 0.3 is 5.97 Å². The molecule has 2 aromatic carbocycles. The Hall–Kier alpha value is -3.38. The molecule has 0 atom stereocenters. The van der Waals surface area contributed by atoms with Crippen LogP contribution in [0.4, 0.5) is 5.69 Å². The first-order chi connectivity index (χ1) is 13.6. The van der Waals surface area contributed by atoms with E-state index in [1.807, 2.05) is 54.6 Å². The number of ether oxygens (including phenoxy) is 2. The number of rotatable bonds is 6. The van der Waals surface area contributed by atoms with Gasteiger partial charge in [0.15, 0.2) is 0 Å². The van der Waals surface area contributed by atoms with E-state index in [0.29, 0.717) is 10.6 Å². The molecule has 0 radical (unpaired) electrons. The number of carbonyl (C=O) groups is 2. The van der Waals surface area contributed by atoms with Gasteiger partial charge in [0.1, 0.15) is 10.6 Å². The summed E-state index contributed by atoms with van der Waals surface area (Å²) in [6.07, 6.45) is 3.11. The Kier molecular flexibility index (Phi) is 6.24. The molecular formula is C22H19NO4S. The summed E-state index contributed by atoms with van der Waals surface area (Å²) in [5.74, 6) is -0.0731. The largest absolute Gasteiger partial charge is 0.497 e. The third-order valence-corrected chi connectivity index (χ3v) is 5.13. The van der Waals surface area contributed by atoms with Crippen molar-refractivity contribution in [3.05, 3.63) is 77.2 Å². The molecule has 5 nitrogen and oxygen atoms in total. The van der Waals surface area contributed by atoms with Crippen LogP contribution in [0.15, 0.2) is 66.7 Å². The minimum atomic E-state index is -0.485. The molecule has 0 fully saturated rings. The number of carbonyl (C=O) groups excluding carboxylic acids is 2. The molecule has 0 aliphatic carbocycles. The van der Waals surface area contributed by atoms with Gasteiger partial charge in [-0.25, -0.2) is 4.79 Å². The van der Waals surface area contributed by atoms with Crippen LogP contribution in [0.5, 0.6) is 5.75 Å². The smallest absolute Gasteiger partial charge is 0.350 e. The van der Waals surface area contributed by atoms with E-state index in [1.165, 1.54) is 24.5 Å². The summed E-state index contributed by atoms with van der Waals surface area (Å²) in [5, 5.41) is 2.77. The molecule has 1 heterocycles. The zero-order chi connectivity index (χ0) is 19.9. The average molecular weight is 393 g/mol. The van der Waals surface area contributed by atoms with E-state index < -0.39 is 5.97 Å². The molecule has 3 aromatic rings. The molecule has 3 rings (SSSR count). The molecule has 1 amide bonds. The van der Waals surface area contributed by atoms with Crippen LogP contribution in [0, 0.1) is 0 Å². The summed E-state index contributed by atoms with van der Waals surface area (Å²) < 4.78 is 9.96. The van der Waals surface area contributed by atoms with Crippen LogP contribution in [-0.2, 0) is 9.53 Å². The van der Waals surface area contributed by atoms with Crippen molar-refractivity contribution in [1.29, 1.82) is 0 Å². The van der Waals surface area contributed by atoms with Crippen LogP contribution in [-0.4, -0.2) is 26.1 Å². The van der Waals surface area contributed by atoms with Crippen molar-refractivity contribution < 1.29 is 19.1 Å². The van der Waals surface area contributed by atoms with Crippen molar-refractivity contribution >= 4 is 35.0 Å². The molecule has 28 heavy (non-hydrogen) atoms. The van der Waals surface area contributed by atoms with Crippen molar-refractivity contribution in [3.63, 3.8) is 0 Å². The molecule has 0 saturated carbocycles. The van der Waals surface area contributed by atoms with E-state index in [-0.39, 0.29) is 5.91 Å². The van der Waals surface area contributed by atoms with E-state index >= 15 is 0 Å². The fourth-order valence-electron chi connectivity index (χ4n) is 2.53. The number of anilines is 1. The lowest BCUT2D eigenvalue weighted by Gasteiger charge is -2.02. The van der Waals surface area contributed by atoms with Gasteiger partial charge < -0.3 is 14.8 Å². The molecule has 0 bridgehead atoms. The highest BCUT2D eigenvalue weighted by Gasteiger charge is 2.18. The molecule has 142 valence electrons. The second kappa shape index (κ2) is 9.01. The van der Waals surface area contributed by atoms with Crippen molar-refractivity contribution in [2.45, 2.75) is 0 Å². The highest BCUT2D eigenvalue weighted by Crippen LogP contribution is 2.35. The highest BCUT2D eigenvalue weighted by atomic mass is 32.1. The highest BCUT2D eigenvalue weighted by molar-refractivity contribution is 7.18. The van der Waals surface area contributed by atoms with Gasteiger partial charge in [-0.1, -0.05) is 42.5 Å². The fourth-order valence-corrected chi connectivity index (χ4v) is 3.57. The first-order valence-corrected chi connectivity index (χ1v) is 9.33. The van der Waals surface area contributed by atoms with Gasteiger partial charge in [-0.2, -0.15) is 0 Å². The number of benzene rings is 2. The standard InChI is InChI=1S/C22H19NO4S/c1-26-17-11-8-15(9-12-17)10-13-20(24)23-18-14-19(16-6-4-3-5-7-16)28-21(18)22(25)27-2/h3-14H,1-2H3,(H,23,24). The minimum absolute atomic E-state index is 0.335. The second-order valence-corrected chi connectivity index (χ2v) is 6.86. The lowest BCUT2D eigenvalue weighted by molar-refractivity contribution is -0.111. The molecular weight excluding hydrogens is 374 g/mol. The number of nitrogens with one attached hydrogen (secondary N) is 1. The SMILES string of the molecule is COC(=O)c1sc(-c2ccccc2)cc1NC(=O)C=Cc1ccc(OC)cc1. The van der Waals surface area contributed by atoms with Crippen molar-refractivity contribution in [1.82, 2.24) is 0 Å². The van der Waals surface area contributed by atoms with Crippen molar-refractivity contribution in [2.24, 2.45) is 0 Å². The average Bonchev–Trinajstić information content (AvgIpc) is 3.16. The zero-order valence-corrected chi connectivity index (χ0v) is 16.3. The number of hydrogen-bond acceptors (Lipinski definition) is 5. The Morgan fingerprint density at radius 3 is 2.36 bits per heavy atom. The summed E-state index contributed by atoms with van der Waals surface area (Å²) in [7, 11) is 2.92. The number of methoxy groups -OCH3 is 2. The van der Waals surface area contributed by atoms with E-state index in [9.17, 15) is 9.59 Å². The lowest BCUT2D eigenvalue weighted by Crippen LogP contribution is -2.10. The Morgan fingerprint density at radius 2 is 1.71 bits per heavy atom. The van der Waals surface area contributed by atoms with Gasteiger partial charge in [0, 0.05) is 11.0 Å². The van der Waals surface area contributed by atoms with Gasteiger partial charge in [-0.05, 0) is 35.4 Å². The number of thiophene rings is 1. The lowest BCUT2D eigenvalue weighted by atomic mass is 10.2. The predicted octanol–water partition coefficient (Wildman–Crippen LogP) is 4.86. The van der Waals surface area contributed by atoms with Crippen molar-refractivity contribution in [2.75, 3.05) is 19.5 Å². The van der Waals surface area contributed by atoms with Crippen LogP contribution in [0.1, 0.15) is 15.2 Å². The Labute approximate surface area is 167 Å². The zero-order valence-electron chi connectivity index (χ0n) is 15.5. The molecule has 1 N–H and O–H groups in total. The predicted molar refractivity (Wildman–Crippen MR) is 112 cm³/mol. The summed E-state index contributed by atoms with van der Waals surface area (Å²) in [6.45, 7) is 0. The number of amides is 1.